The second-order valence-corrected chi connectivity index (χ2v) is 6.33. The first-order valence-electron chi connectivity index (χ1n) is 6.54. The maximum absolute atomic E-state index is 12.0. The number of hydrogen-bond acceptors (Lipinski definition) is 1. The fraction of sp³-hybridized carbons (Fsp3) is 0.188. The molecule has 1 atom stereocenters. The van der Waals surface area contributed by atoms with Crippen molar-refractivity contribution in [3.63, 3.8) is 0 Å². The molecule has 0 saturated carbocycles. The van der Waals surface area contributed by atoms with Gasteiger partial charge in [0.1, 0.15) is 0 Å². The average Bonchev–Trinajstić information content (AvgIpc) is 2.71. The third-order valence-electron chi connectivity index (χ3n) is 3.76. The van der Waals surface area contributed by atoms with E-state index in [0.29, 0.717) is 0 Å². The Morgan fingerprint density at radius 1 is 1.05 bits per heavy atom. The molecule has 0 fully saturated rings. The highest BCUT2D eigenvalue weighted by Gasteiger charge is 2.17. The molecule has 0 N–H and O–H groups in total. The highest BCUT2D eigenvalue weighted by molar-refractivity contribution is 9.10. The van der Waals surface area contributed by atoms with Crippen LogP contribution in [0.1, 0.15) is 16.5 Å². The summed E-state index contributed by atoms with van der Waals surface area (Å²) >= 11 is 10.2. The van der Waals surface area contributed by atoms with Gasteiger partial charge in [0.15, 0.2) is 0 Å². The molecule has 0 aliphatic carbocycles. The molecule has 0 saturated heterocycles. The molecule has 0 bridgehead atoms. The molecule has 3 nitrogen and oxygen atoms in total. The second kappa shape index (κ2) is 5.35. The summed E-state index contributed by atoms with van der Waals surface area (Å²) in [5.41, 5.74) is 3.70. The topological polar surface area (TPSA) is 26.9 Å². The Bertz CT molecular complexity index is 867. The van der Waals surface area contributed by atoms with Gasteiger partial charge in [-0.15, -0.1) is 11.6 Å². The SMILES string of the molecule is Cn1c(=O)n(C)c2cc(C(Cl)c3ccccc3)c(Br)cc21. The highest BCUT2D eigenvalue weighted by Crippen LogP contribution is 2.35. The fourth-order valence-corrected chi connectivity index (χ4v) is 3.55. The van der Waals surface area contributed by atoms with E-state index in [4.69, 9.17) is 11.6 Å². The van der Waals surface area contributed by atoms with Crippen LogP contribution in [0.2, 0.25) is 0 Å². The van der Waals surface area contributed by atoms with Crippen LogP contribution in [0, 0.1) is 0 Å². The second-order valence-electron chi connectivity index (χ2n) is 5.04. The van der Waals surface area contributed by atoms with E-state index in [-0.39, 0.29) is 11.1 Å². The van der Waals surface area contributed by atoms with Crippen LogP contribution in [-0.2, 0) is 14.1 Å². The lowest BCUT2D eigenvalue weighted by Crippen LogP contribution is -2.19. The van der Waals surface area contributed by atoms with Crippen LogP contribution >= 0.6 is 27.5 Å². The third-order valence-corrected chi connectivity index (χ3v) is 4.93. The number of imidazole rings is 1. The summed E-state index contributed by atoms with van der Waals surface area (Å²) < 4.78 is 4.18. The molecule has 3 rings (SSSR count). The molecular weight excluding hydrogens is 352 g/mol. The molecular formula is C16H14BrClN2O. The number of alkyl halides is 1. The van der Waals surface area contributed by atoms with Gasteiger partial charge in [-0.1, -0.05) is 46.3 Å². The lowest BCUT2D eigenvalue weighted by atomic mass is 10.0. The number of aryl methyl sites for hydroxylation is 2. The summed E-state index contributed by atoms with van der Waals surface area (Å²) in [6.07, 6.45) is 0. The molecule has 0 radical (unpaired) electrons. The van der Waals surface area contributed by atoms with Gasteiger partial charge in [-0.05, 0) is 23.3 Å². The lowest BCUT2D eigenvalue weighted by molar-refractivity contribution is 0.795. The molecule has 0 amide bonds. The molecule has 2 aromatic carbocycles. The summed E-state index contributed by atoms with van der Waals surface area (Å²) in [7, 11) is 3.54. The number of fused-ring (bicyclic) bond motifs is 1. The first-order chi connectivity index (χ1) is 10.0. The highest BCUT2D eigenvalue weighted by atomic mass is 79.9. The predicted octanol–water partition coefficient (Wildman–Crippen LogP) is 3.97. The zero-order chi connectivity index (χ0) is 15.1. The van der Waals surface area contributed by atoms with Gasteiger partial charge in [0, 0.05) is 18.6 Å². The van der Waals surface area contributed by atoms with Crippen molar-refractivity contribution in [3.8, 4) is 0 Å². The van der Waals surface area contributed by atoms with Gasteiger partial charge in [0.05, 0.1) is 16.4 Å². The first-order valence-corrected chi connectivity index (χ1v) is 7.77. The molecule has 108 valence electrons. The molecule has 3 aromatic rings. The number of nitrogens with zero attached hydrogens (tertiary/aromatic N) is 2. The van der Waals surface area contributed by atoms with Crippen molar-refractivity contribution < 1.29 is 0 Å². The van der Waals surface area contributed by atoms with Crippen LogP contribution in [0.3, 0.4) is 0 Å². The maximum Gasteiger partial charge on any atom is 0.328 e. The minimum Gasteiger partial charge on any atom is -0.295 e. The van der Waals surface area contributed by atoms with Gasteiger partial charge in [0.25, 0.3) is 0 Å². The van der Waals surface area contributed by atoms with Gasteiger partial charge in [-0.25, -0.2) is 4.79 Å². The third kappa shape index (κ3) is 2.32. The van der Waals surface area contributed by atoms with E-state index >= 15 is 0 Å². The van der Waals surface area contributed by atoms with Crippen LogP contribution in [0.4, 0.5) is 0 Å². The smallest absolute Gasteiger partial charge is 0.295 e. The summed E-state index contributed by atoms with van der Waals surface area (Å²) in [6.45, 7) is 0. The van der Waals surface area contributed by atoms with Gasteiger partial charge in [0.2, 0.25) is 0 Å². The minimum atomic E-state index is -0.264. The van der Waals surface area contributed by atoms with E-state index in [9.17, 15) is 4.79 Å². The van der Waals surface area contributed by atoms with Gasteiger partial charge < -0.3 is 0 Å². The number of halogens is 2. The van der Waals surface area contributed by atoms with Crippen molar-refractivity contribution >= 4 is 38.6 Å². The van der Waals surface area contributed by atoms with Crippen molar-refractivity contribution in [2.24, 2.45) is 14.1 Å². The Kier molecular flexibility index (Phi) is 3.68. The van der Waals surface area contributed by atoms with Crippen molar-refractivity contribution in [2.45, 2.75) is 5.38 Å². The van der Waals surface area contributed by atoms with Crippen molar-refractivity contribution in [3.05, 3.63) is 68.5 Å². The Balaban J connectivity index is 2.22. The first kappa shape index (κ1) is 14.4. The van der Waals surface area contributed by atoms with Crippen LogP contribution in [0.5, 0.6) is 0 Å². The quantitative estimate of drug-likeness (QED) is 0.631. The molecule has 1 aromatic heterocycles. The summed E-state index contributed by atoms with van der Waals surface area (Å²) in [5.74, 6) is 0. The summed E-state index contributed by atoms with van der Waals surface area (Å²) in [4.78, 5) is 12.0. The normalized spacial score (nSPS) is 12.8. The number of hydrogen-bond donors (Lipinski definition) is 0. The molecule has 5 heteroatoms. The summed E-state index contributed by atoms with van der Waals surface area (Å²) in [6, 6.07) is 13.8. The zero-order valence-electron chi connectivity index (χ0n) is 11.7. The van der Waals surface area contributed by atoms with E-state index in [2.05, 4.69) is 15.9 Å². The standard InChI is InChI=1S/C16H14BrClN2O/c1-19-13-8-11(15(18)10-6-4-3-5-7-10)12(17)9-14(13)20(2)16(19)21/h3-9,15H,1-2H3. The van der Waals surface area contributed by atoms with Gasteiger partial charge in [-0.3, -0.25) is 9.13 Å². The Morgan fingerprint density at radius 2 is 1.62 bits per heavy atom. The van der Waals surface area contributed by atoms with E-state index < -0.39 is 0 Å². The van der Waals surface area contributed by atoms with Gasteiger partial charge in [-0.2, -0.15) is 0 Å². The Morgan fingerprint density at radius 3 is 2.24 bits per heavy atom. The van der Waals surface area contributed by atoms with Crippen LogP contribution in [-0.4, -0.2) is 9.13 Å². The van der Waals surface area contributed by atoms with Crippen LogP contribution < -0.4 is 5.69 Å². The molecule has 0 aliphatic rings. The number of aromatic nitrogens is 2. The zero-order valence-corrected chi connectivity index (χ0v) is 14.0. The molecule has 21 heavy (non-hydrogen) atoms. The monoisotopic (exact) mass is 364 g/mol. The van der Waals surface area contributed by atoms with Gasteiger partial charge >= 0.3 is 5.69 Å². The van der Waals surface area contributed by atoms with E-state index in [1.807, 2.05) is 42.5 Å². The number of benzene rings is 2. The van der Waals surface area contributed by atoms with Crippen molar-refractivity contribution in [1.29, 1.82) is 0 Å². The summed E-state index contributed by atoms with van der Waals surface area (Å²) in [5, 5.41) is -0.264. The van der Waals surface area contributed by atoms with E-state index in [1.165, 1.54) is 0 Å². The van der Waals surface area contributed by atoms with Crippen molar-refractivity contribution in [1.82, 2.24) is 9.13 Å². The molecule has 1 heterocycles. The molecule has 1 unspecified atom stereocenters. The predicted molar refractivity (Wildman–Crippen MR) is 90.0 cm³/mol. The Labute approximate surface area is 135 Å². The van der Waals surface area contributed by atoms with E-state index in [1.54, 1.807) is 23.2 Å². The maximum atomic E-state index is 12.0. The average molecular weight is 366 g/mol. The molecule has 0 spiro atoms. The molecule has 0 aliphatic heterocycles. The minimum absolute atomic E-state index is 0.0418. The van der Waals surface area contributed by atoms with E-state index in [0.717, 1.165) is 26.6 Å². The Hall–Kier alpha value is -1.52. The largest absolute Gasteiger partial charge is 0.328 e. The lowest BCUT2D eigenvalue weighted by Gasteiger charge is -2.13. The fourth-order valence-electron chi connectivity index (χ4n) is 2.53. The van der Waals surface area contributed by atoms with Crippen LogP contribution in [0.15, 0.2) is 51.7 Å². The van der Waals surface area contributed by atoms with Crippen molar-refractivity contribution in [2.75, 3.05) is 0 Å². The number of rotatable bonds is 2. The van der Waals surface area contributed by atoms with Crippen LogP contribution in [0.25, 0.3) is 11.0 Å².